The molecule has 0 saturated heterocycles. The van der Waals surface area contributed by atoms with E-state index in [1.807, 2.05) is 18.2 Å². The van der Waals surface area contributed by atoms with Crippen molar-refractivity contribution < 1.29 is 4.39 Å². The lowest BCUT2D eigenvalue weighted by molar-refractivity contribution is 0.308. The fraction of sp³-hybridized carbons (Fsp3) is 0.440. The normalized spacial score (nSPS) is 20.6. The van der Waals surface area contributed by atoms with Crippen LogP contribution in [0.15, 0.2) is 42.5 Å². The summed E-state index contributed by atoms with van der Waals surface area (Å²) in [6, 6.07) is 14.3. The summed E-state index contributed by atoms with van der Waals surface area (Å²) < 4.78 is 14.6. The van der Waals surface area contributed by atoms with Crippen LogP contribution in [0.4, 0.5) is 4.39 Å². The molecule has 2 aromatic rings. The van der Waals surface area contributed by atoms with Crippen molar-refractivity contribution in [1.29, 1.82) is 0 Å². The Bertz CT molecular complexity index is 718. The maximum absolute atomic E-state index is 14.6. The maximum Gasteiger partial charge on any atom is 0.130 e. The number of hydrogen-bond donors (Lipinski definition) is 0. The summed E-state index contributed by atoms with van der Waals surface area (Å²) in [5.74, 6) is 1.33. The third-order valence-corrected chi connectivity index (χ3v) is 5.88. The third-order valence-electron chi connectivity index (χ3n) is 5.88. The zero-order chi connectivity index (χ0) is 18.4. The Balaban J connectivity index is 1.64. The predicted molar refractivity (Wildman–Crippen MR) is 111 cm³/mol. The number of hydrogen-bond acceptors (Lipinski definition) is 0. The molecular formula is C25H31F. The van der Waals surface area contributed by atoms with Gasteiger partial charge < -0.3 is 0 Å². The first-order chi connectivity index (χ1) is 12.7. The summed E-state index contributed by atoms with van der Waals surface area (Å²) >= 11 is 0. The molecule has 1 fully saturated rings. The van der Waals surface area contributed by atoms with Crippen LogP contribution >= 0.6 is 0 Å². The van der Waals surface area contributed by atoms with Crippen LogP contribution in [0.1, 0.15) is 80.5 Å². The molecule has 0 N–H and O–H groups in total. The Morgan fingerprint density at radius 2 is 1.65 bits per heavy atom. The van der Waals surface area contributed by atoms with E-state index >= 15 is 0 Å². The molecule has 0 aromatic heterocycles. The molecule has 0 unspecified atom stereocenters. The van der Waals surface area contributed by atoms with Crippen molar-refractivity contribution in [3.05, 3.63) is 70.5 Å². The largest absolute Gasteiger partial charge is 0.206 e. The highest BCUT2D eigenvalue weighted by Crippen LogP contribution is 2.37. The van der Waals surface area contributed by atoms with Crippen molar-refractivity contribution in [2.75, 3.05) is 0 Å². The van der Waals surface area contributed by atoms with E-state index in [1.54, 1.807) is 6.07 Å². The minimum Gasteiger partial charge on any atom is -0.206 e. The molecule has 0 spiro atoms. The van der Waals surface area contributed by atoms with Crippen LogP contribution in [0.3, 0.4) is 0 Å². The fourth-order valence-corrected chi connectivity index (χ4v) is 4.18. The van der Waals surface area contributed by atoms with Gasteiger partial charge in [-0.1, -0.05) is 75.2 Å². The van der Waals surface area contributed by atoms with Crippen LogP contribution in [-0.2, 0) is 6.42 Å². The monoisotopic (exact) mass is 350 g/mol. The molecule has 0 atom stereocenters. The molecule has 1 aliphatic carbocycles. The lowest BCUT2D eigenvalue weighted by atomic mass is 9.77. The average Bonchev–Trinajstić information content (AvgIpc) is 2.68. The molecule has 1 aliphatic rings. The predicted octanol–water partition coefficient (Wildman–Crippen LogP) is 7.63. The molecule has 1 heteroatoms. The second-order valence-corrected chi connectivity index (χ2v) is 7.72. The van der Waals surface area contributed by atoms with Gasteiger partial charge in [0.05, 0.1) is 0 Å². The van der Waals surface area contributed by atoms with E-state index in [4.69, 9.17) is 0 Å². The molecule has 0 amide bonds. The van der Waals surface area contributed by atoms with Crippen molar-refractivity contribution in [1.82, 2.24) is 0 Å². The zero-order valence-electron chi connectivity index (χ0n) is 16.2. The highest BCUT2D eigenvalue weighted by Gasteiger charge is 2.22. The standard InChI is InChI=1S/C25H31F/c1-3-5-20-10-13-22(14-11-20)24-17-16-23(25(26)18-24)15-12-21-8-6-19(4-2)7-9-21/h6-9,12,15-18,20,22H,3-5,10-11,13-14H2,1-2H3/t20-,22-. The second kappa shape index (κ2) is 9.16. The van der Waals surface area contributed by atoms with Crippen LogP contribution in [0.5, 0.6) is 0 Å². The van der Waals surface area contributed by atoms with Crippen LogP contribution in [0, 0.1) is 11.7 Å². The zero-order valence-corrected chi connectivity index (χ0v) is 16.2. The lowest BCUT2D eigenvalue weighted by Crippen LogP contribution is -2.13. The first-order valence-electron chi connectivity index (χ1n) is 10.3. The minimum absolute atomic E-state index is 0.0976. The molecule has 1 saturated carbocycles. The van der Waals surface area contributed by atoms with Gasteiger partial charge in [-0.2, -0.15) is 0 Å². The van der Waals surface area contributed by atoms with Gasteiger partial charge in [0.25, 0.3) is 0 Å². The summed E-state index contributed by atoms with van der Waals surface area (Å²) in [5, 5.41) is 0. The number of rotatable bonds is 6. The van der Waals surface area contributed by atoms with Gasteiger partial charge in [-0.15, -0.1) is 0 Å². The molecule has 138 valence electrons. The van der Waals surface area contributed by atoms with Gasteiger partial charge in [0.1, 0.15) is 5.82 Å². The molecule has 2 aromatic carbocycles. The quantitative estimate of drug-likeness (QED) is 0.470. The highest BCUT2D eigenvalue weighted by atomic mass is 19.1. The smallest absolute Gasteiger partial charge is 0.130 e. The molecular weight excluding hydrogens is 319 g/mol. The van der Waals surface area contributed by atoms with Gasteiger partial charge in [0, 0.05) is 5.56 Å². The fourth-order valence-electron chi connectivity index (χ4n) is 4.18. The third kappa shape index (κ3) is 4.84. The van der Waals surface area contributed by atoms with Crippen LogP contribution in [0.25, 0.3) is 12.2 Å². The van der Waals surface area contributed by atoms with Gasteiger partial charge in [0.15, 0.2) is 0 Å². The molecule has 0 heterocycles. The second-order valence-electron chi connectivity index (χ2n) is 7.72. The van der Waals surface area contributed by atoms with Crippen molar-refractivity contribution >= 4 is 12.2 Å². The first-order valence-corrected chi connectivity index (χ1v) is 10.3. The Labute approximate surface area is 158 Å². The van der Waals surface area contributed by atoms with Crippen LogP contribution < -0.4 is 0 Å². The summed E-state index contributed by atoms with van der Waals surface area (Å²) in [4.78, 5) is 0. The van der Waals surface area contributed by atoms with Crippen molar-refractivity contribution in [3.63, 3.8) is 0 Å². The molecule has 26 heavy (non-hydrogen) atoms. The number of halogens is 1. The van der Waals surface area contributed by atoms with Gasteiger partial charge in [0.2, 0.25) is 0 Å². The van der Waals surface area contributed by atoms with Crippen LogP contribution in [-0.4, -0.2) is 0 Å². The van der Waals surface area contributed by atoms with Crippen molar-refractivity contribution in [2.45, 2.75) is 64.7 Å². The molecule has 0 nitrogen and oxygen atoms in total. The van der Waals surface area contributed by atoms with E-state index in [0.717, 1.165) is 17.9 Å². The highest BCUT2D eigenvalue weighted by molar-refractivity contribution is 5.70. The summed E-state index contributed by atoms with van der Waals surface area (Å²) in [6.45, 7) is 4.42. The van der Waals surface area contributed by atoms with Gasteiger partial charge >= 0.3 is 0 Å². The summed E-state index contributed by atoms with van der Waals surface area (Å²) in [7, 11) is 0. The summed E-state index contributed by atoms with van der Waals surface area (Å²) in [5.41, 5.74) is 4.29. The van der Waals surface area contributed by atoms with Gasteiger partial charge in [-0.25, -0.2) is 4.39 Å². The number of benzene rings is 2. The Morgan fingerprint density at radius 1 is 0.923 bits per heavy atom. The molecule has 3 rings (SSSR count). The molecule has 0 radical (unpaired) electrons. The van der Waals surface area contributed by atoms with Crippen molar-refractivity contribution in [3.8, 4) is 0 Å². The number of aryl methyl sites for hydroxylation is 1. The van der Waals surface area contributed by atoms with E-state index in [0.29, 0.717) is 11.5 Å². The Kier molecular flexibility index (Phi) is 6.66. The lowest BCUT2D eigenvalue weighted by Gasteiger charge is -2.28. The van der Waals surface area contributed by atoms with E-state index in [9.17, 15) is 4.39 Å². The summed E-state index contributed by atoms with van der Waals surface area (Å²) in [6.07, 6.45) is 12.6. The first kappa shape index (κ1) is 18.9. The van der Waals surface area contributed by atoms with E-state index in [-0.39, 0.29) is 5.82 Å². The van der Waals surface area contributed by atoms with E-state index < -0.39 is 0 Å². The molecule has 0 bridgehead atoms. The van der Waals surface area contributed by atoms with Gasteiger partial charge in [-0.05, 0) is 66.7 Å². The van der Waals surface area contributed by atoms with Gasteiger partial charge in [-0.3, -0.25) is 0 Å². The van der Waals surface area contributed by atoms with Crippen molar-refractivity contribution in [2.24, 2.45) is 5.92 Å². The maximum atomic E-state index is 14.6. The Hall–Kier alpha value is -1.89. The van der Waals surface area contributed by atoms with Crippen LogP contribution in [0.2, 0.25) is 0 Å². The average molecular weight is 351 g/mol. The topological polar surface area (TPSA) is 0 Å². The van der Waals surface area contributed by atoms with E-state index in [1.165, 1.54) is 49.7 Å². The SMILES string of the molecule is CCC[C@H]1CC[C@H](c2ccc(C=Cc3ccc(CC)cc3)c(F)c2)CC1. The molecule has 0 aliphatic heterocycles. The minimum atomic E-state index is -0.0976. The Morgan fingerprint density at radius 3 is 2.27 bits per heavy atom. The van der Waals surface area contributed by atoms with E-state index in [2.05, 4.69) is 44.2 Å².